The standard InChI is InChI=1S/C44H33ClN4O9/c1-56-36-16-11-23-6-4-8-34(39(23)49-36)46-19-30-35(51)15-14-27-37(28-17-24(43(53)54)10-13-26(28)44(55)57-2)29-18-32(45)40(52)31(42(29)58-41(27)30)20-47-33-7-3-5-22-9-12-25(21-50)48-38(22)33/h3-18,46-47,50-51H,19-21H2,1-2H3,(H,53,54). The Morgan fingerprint density at radius 1 is 0.810 bits per heavy atom. The lowest BCUT2D eigenvalue weighted by Crippen LogP contribution is -2.17. The van der Waals surface area contributed by atoms with E-state index >= 15 is 0 Å². The number of carboxylic acid groups (broad SMARTS) is 1. The first kappa shape index (κ1) is 37.7. The number of fused-ring (bicyclic) bond motifs is 4. The Kier molecular flexibility index (Phi) is 9.99. The summed E-state index contributed by atoms with van der Waals surface area (Å²) in [5, 5.41) is 39.8. The minimum absolute atomic E-state index is 0.00504. The highest BCUT2D eigenvalue weighted by Gasteiger charge is 2.29. The van der Waals surface area contributed by atoms with Gasteiger partial charge in [0, 0.05) is 46.4 Å². The third-order valence-corrected chi connectivity index (χ3v) is 10.2. The summed E-state index contributed by atoms with van der Waals surface area (Å²) >= 11 is 6.70. The topological polar surface area (TPSA) is 193 Å². The molecule has 0 amide bonds. The number of nitrogens with zero attached hydrogens (tertiary/aromatic N) is 2. The van der Waals surface area contributed by atoms with E-state index < -0.39 is 17.4 Å². The molecule has 0 unspecified atom stereocenters. The van der Waals surface area contributed by atoms with Crippen LogP contribution in [0.25, 0.3) is 55.2 Å². The van der Waals surface area contributed by atoms with Gasteiger partial charge in [0.2, 0.25) is 11.3 Å². The number of carboxylic acids is 1. The highest BCUT2D eigenvalue weighted by molar-refractivity contribution is 6.31. The monoisotopic (exact) mass is 796 g/mol. The first-order valence-electron chi connectivity index (χ1n) is 17.9. The Balaban J connectivity index is 1.37. The van der Waals surface area contributed by atoms with Gasteiger partial charge in [0.05, 0.1) is 76.2 Å². The number of phenolic OH excluding ortho intramolecular Hbond substituents is 1. The smallest absolute Gasteiger partial charge is 0.338 e. The van der Waals surface area contributed by atoms with E-state index in [1.54, 1.807) is 24.3 Å². The predicted octanol–water partition coefficient (Wildman–Crippen LogP) is 8.23. The lowest BCUT2D eigenvalue weighted by atomic mass is 9.87. The number of hydrogen-bond acceptors (Lipinski definition) is 12. The van der Waals surface area contributed by atoms with Crippen molar-refractivity contribution < 1.29 is 38.8 Å². The van der Waals surface area contributed by atoms with Crippen LogP contribution >= 0.6 is 11.6 Å². The number of rotatable bonds is 11. The number of methoxy groups -OCH3 is 2. The number of aliphatic hydroxyl groups is 1. The van der Waals surface area contributed by atoms with E-state index in [0.29, 0.717) is 44.9 Å². The van der Waals surface area contributed by atoms with Crippen molar-refractivity contribution in [3.8, 4) is 34.1 Å². The molecule has 2 aromatic heterocycles. The molecule has 0 fully saturated rings. The molecule has 0 radical (unpaired) electrons. The largest absolute Gasteiger partial charge is 0.507 e. The maximum absolute atomic E-state index is 14.0. The molecule has 0 saturated carbocycles. The lowest BCUT2D eigenvalue weighted by molar-refractivity contribution is 0.0599. The number of nitrogens with one attached hydrogen (secondary N) is 2. The molecule has 2 aliphatic rings. The Labute approximate surface area is 334 Å². The van der Waals surface area contributed by atoms with E-state index in [1.165, 1.54) is 44.6 Å². The number of carbonyl (C=O) groups is 2. The number of aromatic carboxylic acids is 1. The number of pyridine rings is 2. The van der Waals surface area contributed by atoms with Crippen LogP contribution in [0.2, 0.25) is 5.02 Å². The second kappa shape index (κ2) is 15.4. The van der Waals surface area contributed by atoms with Crippen LogP contribution in [0, 0.1) is 0 Å². The summed E-state index contributed by atoms with van der Waals surface area (Å²) in [5.41, 5.74) is 3.46. The van der Waals surface area contributed by atoms with Crippen molar-refractivity contribution in [3.63, 3.8) is 0 Å². The Bertz CT molecular complexity index is 2980. The maximum Gasteiger partial charge on any atom is 0.338 e. The van der Waals surface area contributed by atoms with Crippen molar-refractivity contribution in [2.24, 2.45) is 0 Å². The molecule has 290 valence electrons. The molecule has 0 bridgehead atoms. The van der Waals surface area contributed by atoms with E-state index in [9.17, 15) is 29.7 Å². The maximum atomic E-state index is 14.0. The van der Waals surface area contributed by atoms with E-state index in [0.717, 1.165) is 10.8 Å². The number of aromatic hydroxyl groups is 1. The van der Waals surface area contributed by atoms with Crippen LogP contribution in [0.3, 0.4) is 0 Å². The summed E-state index contributed by atoms with van der Waals surface area (Å²) < 4.78 is 17.2. The van der Waals surface area contributed by atoms with Crippen molar-refractivity contribution in [2.75, 3.05) is 24.9 Å². The van der Waals surface area contributed by atoms with Gasteiger partial charge in [0.15, 0.2) is 0 Å². The number of esters is 1. The van der Waals surface area contributed by atoms with Crippen LogP contribution < -0.4 is 20.8 Å². The number of aliphatic hydroxyl groups excluding tert-OH is 1. The summed E-state index contributed by atoms with van der Waals surface area (Å²) in [4.78, 5) is 48.9. The fraction of sp³-hybridized carbons (Fsp3) is 0.114. The molecule has 4 aromatic carbocycles. The fourth-order valence-corrected chi connectivity index (χ4v) is 7.34. The zero-order valence-corrected chi connectivity index (χ0v) is 31.7. The van der Waals surface area contributed by atoms with Crippen LogP contribution in [-0.4, -0.2) is 51.4 Å². The van der Waals surface area contributed by atoms with Crippen molar-refractivity contribution in [2.45, 2.75) is 19.7 Å². The summed E-state index contributed by atoms with van der Waals surface area (Å²) in [5.74, 6) is -1.66. The van der Waals surface area contributed by atoms with Crippen LogP contribution in [0.5, 0.6) is 11.6 Å². The molecule has 8 rings (SSSR count). The number of hydrogen-bond donors (Lipinski definition) is 5. The van der Waals surface area contributed by atoms with E-state index in [1.807, 2.05) is 42.5 Å². The van der Waals surface area contributed by atoms with E-state index in [4.69, 9.17) is 25.5 Å². The van der Waals surface area contributed by atoms with Crippen molar-refractivity contribution in [1.82, 2.24) is 9.97 Å². The second-order valence-electron chi connectivity index (χ2n) is 13.3. The van der Waals surface area contributed by atoms with Crippen LogP contribution in [0.1, 0.15) is 37.5 Å². The summed E-state index contributed by atoms with van der Waals surface area (Å²) in [6.07, 6.45) is 0. The first-order valence-corrected chi connectivity index (χ1v) is 18.3. The van der Waals surface area contributed by atoms with Gasteiger partial charge >= 0.3 is 11.9 Å². The fourth-order valence-electron chi connectivity index (χ4n) is 7.11. The Morgan fingerprint density at radius 3 is 2.17 bits per heavy atom. The molecule has 13 nitrogen and oxygen atoms in total. The molecule has 0 atom stereocenters. The normalized spacial score (nSPS) is 11.3. The van der Waals surface area contributed by atoms with Gasteiger partial charge in [-0.05, 0) is 66.2 Å². The summed E-state index contributed by atoms with van der Waals surface area (Å²) in [7, 11) is 2.74. The van der Waals surface area contributed by atoms with E-state index in [-0.39, 0.29) is 75.2 Å². The van der Waals surface area contributed by atoms with Crippen LogP contribution in [-0.2, 0) is 24.4 Å². The van der Waals surface area contributed by atoms with Gasteiger partial charge < -0.3 is 39.8 Å². The molecule has 1 aliphatic carbocycles. The minimum Gasteiger partial charge on any atom is -0.507 e. The van der Waals surface area contributed by atoms with Gasteiger partial charge in [-0.1, -0.05) is 41.9 Å². The van der Waals surface area contributed by atoms with Crippen molar-refractivity contribution in [1.29, 1.82) is 0 Å². The molecule has 58 heavy (non-hydrogen) atoms. The van der Waals surface area contributed by atoms with Crippen molar-refractivity contribution in [3.05, 3.63) is 140 Å². The minimum atomic E-state index is -1.24. The predicted molar refractivity (Wildman–Crippen MR) is 220 cm³/mol. The lowest BCUT2D eigenvalue weighted by Gasteiger charge is -2.22. The van der Waals surface area contributed by atoms with Crippen LogP contribution in [0.4, 0.5) is 11.4 Å². The third-order valence-electron chi connectivity index (χ3n) is 9.96. The van der Waals surface area contributed by atoms with Gasteiger partial charge in [-0.15, -0.1) is 0 Å². The number of para-hydroxylation sites is 2. The van der Waals surface area contributed by atoms with Gasteiger partial charge in [0.1, 0.15) is 17.1 Å². The average molecular weight is 797 g/mol. The van der Waals surface area contributed by atoms with Gasteiger partial charge in [-0.3, -0.25) is 4.79 Å². The summed E-state index contributed by atoms with van der Waals surface area (Å²) in [6, 6.07) is 26.7. The summed E-state index contributed by atoms with van der Waals surface area (Å²) in [6.45, 7) is -0.396. The molecule has 14 heteroatoms. The quantitative estimate of drug-likeness (QED) is 0.0621. The molecular formula is C44H33ClN4O9. The number of ether oxygens (including phenoxy) is 2. The molecule has 5 N–H and O–H groups in total. The second-order valence-corrected chi connectivity index (χ2v) is 13.7. The number of phenols is 1. The molecule has 0 spiro atoms. The third kappa shape index (κ3) is 6.71. The van der Waals surface area contributed by atoms with Gasteiger partial charge in [-0.25, -0.2) is 19.6 Å². The van der Waals surface area contributed by atoms with E-state index in [2.05, 4.69) is 20.6 Å². The number of carbonyl (C=O) groups excluding carboxylic acids is 1. The number of aromatic nitrogens is 2. The molecule has 6 aromatic rings. The molecular weight excluding hydrogens is 764 g/mol. The average Bonchev–Trinajstić information content (AvgIpc) is 3.24. The van der Waals surface area contributed by atoms with Gasteiger partial charge in [0.25, 0.3) is 0 Å². The number of halogens is 1. The van der Waals surface area contributed by atoms with Gasteiger partial charge in [-0.2, -0.15) is 0 Å². The Hall–Kier alpha value is -7.22. The van der Waals surface area contributed by atoms with Crippen LogP contribution in [0.15, 0.2) is 106 Å². The zero-order chi connectivity index (χ0) is 40.7. The van der Waals surface area contributed by atoms with Crippen molar-refractivity contribution >= 4 is 67.7 Å². The number of anilines is 2. The zero-order valence-electron chi connectivity index (χ0n) is 30.9. The highest BCUT2D eigenvalue weighted by atomic mass is 35.5. The Morgan fingerprint density at radius 2 is 1.50 bits per heavy atom. The molecule has 3 heterocycles. The first-order chi connectivity index (χ1) is 28.1. The molecule has 1 aliphatic heterocycles. The highest BCUT2D eigenvalue weighted by Crippen LogP contribution is 2.46. The molecule has 0 saturated heterocycles. The SMILES string of the molecule is COC(=O)c1ccc(C(=O)O)cc1-c1c2cc(Cl)c(=O)c(CNc3cccc4ccc(CO)nc34)c-2oc2c(CNc3cccc4ccc(OC)nc34)c(O)ccc12. The number of benzene rings is 5.